The van der Waals surface area contributed by atoms with Crippen molar-refractivity contribution in [2.75, 3.05) is 66.7 Å². The number of hydrogen-bond donors (Lipinski definition) is 10. The fourth-order valence-electron chi connectivity index (χ4n) is 10.1. The van der Waals surface area contributed by atoms with Crippen molar-refractivity contribution in [1.82, 2.24) is 34.8 Å². The van der Waals surface area contributed by atoms with Gasteiger partial charge in [0.25, 0.3) is 40.5 Å². The Balaban J connectivity index is 0.741. The Morgan fingerprint density at radius 3 is 1.80 bits per heavy atom. The van der Waals surface area contributed by atoms with Gasteiger partial charge in [-0.2, -0.15) is 63.6 Å². The highest BCUT2D eigenvalue weighted by Gasteiger charge is 2.28. The van der Waals surface area contributed by atoms with Crippen LogP contribution in [-0.2, 0) is 59.2 Å². The van der Waals surface area contributed by atoms with Crippen LogP contribution in [0.2, 0.25) is 10.6 Å². The molecule has 0 amide bonds. The maximum absolute atomic E-state index is 12.8. The quantitative estimate of drug-likeness (QED) is 0.00935. The molecule has 2 aromatic heterocycles. The zero-order valence-electron chi connectivity index (χ0n) is 48.1. The highest BCUT2D eigenvalue weighted by atomic mass is 35.5. The van der Waals surface area contributed by atoms with Crippen molar-refractivity contribution in [3.8, 4) is 11.5 Å². The number of phenols is 2. The standard InChI is InChI=1S/C53H43Cl2N15O20S6/c1-68(29-9-11-31-27(23-29)24-38(91-89-87-73)42(44(31)71)66-64-36-14-12-32-34(46(36)92-90-88-74)4-2-6-39(32)93(75,76)77)52-60-49(55)61-53(63-52)70-20-18-69(19-21-70)17-16-56-50-58-48(54)59-51(62-50)57-28-8-10-30-26(22-28)25-41(95(81,82)83)43(45(30)72)67-65-37-15-13-33-35(47(37)96(84,85)86)5-3-7-40(33)94(78,79)80/h2-15,22-25,71-74H,16-21H2,1H3,(H,75,76,77)(H,78,79,80)(H,81,82,83)(H,84,85,86)(H2,56,57,58,59,62). The van der Waals surface area contributed by atoms with E-state index in [4.69, 9.17) is 43.0 Å². The van der Waals surface area contributed by atoms with Crippen LogP contribution in [0, 0.1) is 0 Å². The van der Waals surface area contributed by atoms with E-state index in [2.05, 4.69) is 75.3 Å². The molecular weight excluding hydrogens is 1430 g/mol. The number of nitrogens with zero attached hydrogens (tertiary/aromatic N) is 13. The van der Waals surface area contributed by atoms with Gasteiger partial charge in [-0.15, -0.1) is 29.1 Å². The molecule has 96 heavy (non-hydrogen) atoms. The number of fused-ring (bicyclic) bond motifs is 4. The summed E-state index contributed by atoms with van der Waals surface area (Å²) in [7, 11) is -18.3. The monoisotopic (exact) mass is 1470 g/mol. The average molecular weight is 1470 g/mol. The number of phenolic OH excluding ortho intramolecular Hbond substituents is 2. The smallest absolute Gasteiger partial charge is 0.297 e. The lowest BCUT2D eigenvalue weighted by Gasteiger charge is -2.34. The molecular formula is C53H43Cl2N15O20S6. The Hall–Kier alpha value is -8.54. The molecule has 10 N–H and O–H groups in total. The van der Waals surface area contributed by atoms with E-state index in [9.17, 15) is 62.1 Å². The maximum Gasteiger partial charge on any atom is 0.297 e. The van der Waals surface area contributed by atoms with Crippen molar-refractivity contribution < 1.29 is 91.4 Å². The molecule has 0 aliphatic carbocycles. The molecule has 0 spiro atoms. The van der Waals surface area contributed by atoms with E-state index in [0.717, 1.165) is 36.4 Å². The number of hydrogen-bond acceptors (Lipinski definition) is 33. The third-order valence-corrected chi connectivity index (χ3v) is 19.7. The summed E-state index contributed by atoms with van der Waals surface area (Å²) in [6.07, 6.45) is 0. The normalized spacial score (nSPS) is 13.7. The summed E-state index contributed by atoms with van der Waals surface area (Å²) in [6, 6.07) is 23.4. The first-order valence-corrected chi connectivity index (χ1v) is 34.9. The number of halogens is 2. The van der Waals surface area contributed by atoms with Gasteiger partial charge >= 0.3 is 0 Å². The molecule has 11 rings (SSSR count). The molecule has 0 bridgehead atoms. The van der Waals surface area contributed by atoms with Crippen LogP contribution in [0.4, 0.5) is 57.9 Å². The van der Waals surface area contributed by atoms with Crippen LogP contribution in [0.1, 0.15) is 0 Å². The predicted molar refractivity (Wildman–Crippen MR) is 346 cm³/mol. The summed E-state index contributed by atoms with van der Waals surface area (Å²) in [5.74, 6) is -0.752. The second kappa shape index (κ2) is 27.9. The Morgan fingerprint density at radius 2 is 1.14 bits per heavy atom. The number of benzene rings is 8. The molecule has 0 radical (unpaired) electrons. The van der Waals surface area contributed by atoms with Crippen LogP contribution in [0.5, 0.6) is 11.5 Å². The molecule has 35 nitrogen and oxygen atoms in total. The lowest BCUT2D eigenvalue weighted by atomic mass is 10.1. The lowest BCUT2D eigenvalue weighted by molar-refractivity contribution is -0.432. The van der Waals surface area contributed by atoms with Gasteiger partial charge < -0.3 is 30.6 Å². The van der Waals surface area contributed by atoms with Crippen LogP contribution in [0.25, 0.3) is 43.1 Å². The number of piperazine rings is 1. The van der Waals surface area contributed by atoms with Crippen LogP contribution >= 0.6 is 47.3 Å². The summed E-state index contributed by atoms with van der Waals surface area (Å²) in [6.45, 7) is 2.89. The van der Waals surface area contributed by atoms with Gasteiger partial charge in [0, 0.05) is 90.0 Å². The summed E-state index contributed by atoms with van der Waals surface area (Å²) >= 11 is 13.7. The molecule has 1 fully saturated rings. The topological polar surface area (TPSA) is 496 Å². The molecule has 10 aromatic rings. The Labute approximate surface area is 559 Å². The first kappa shape index (κ1) is 68.8. The van der Waals surface area contributed by atoms with Crippen LogP contribution in [-0.4, -0.2) is 154 Å². The van der Waals surface area contributed by atoms with E-state index in [1.807, 2.05) is 4.90 Å². The van der Waals surface area contributed by atoms with Crippen molar-refractivity contribution >= 4 is 189 Å². The maximum atomic E-state index is 12.8. The highest BCUT2D eigenvalue weighted by molar-refractivity contribution is 7.95. The Kier molecular flexibility index (Phi) is 20.0. The van der Waals surface area contributed by atoms with Gasteiger partial charge in [0.2, 0.25) is 34.4 Å². The zero-order chi connectivity index (χ0) is 68.6. The number of nitrogens with one attached hydrogen (secondary N) is 2. The molecule has 0 atom stereocenters. The van der Waals surface area contributed by atoms with Crippen molar-refractivity contribution in [2.24, 2.45) is 20.5 Å². The number of rotatable bonds is 23. The van der Waals surface area contributed by atoms with E-state index < -0.39 is 88.3 Å². The lowest BCUT2D eigenvalue weighted by Crippen LogP contribution is -2.48. The molecule has 0 saturated carbocycles. The van der Waals surface area contributed by atoms with Gasteiger partial charge in [0.05, 0.1) is 33.9 Å². The number of aromatic nitrogens is 6. The first-order valence-electron chi connectivity index (χ1n) is 26.9. The van der Waals surface area contributed by atoms with Crippen molar-refractivity contribution in [1.29, 1.82) is 0 Å². The minimum Gasteiger partial charge on any atom is -0.505 e. The molecule has 1 aliphatic rings. The summed E-state index contributed by atoms with van der Waals surface area (Å²) in [5.41, 5.74) is -0.868. The average Bonchev–Trinajstić information content (AvgIpc) is 0.831. The van der Waals surface area contributed by atoms with Gasteiger partial charge in [-0.1, -0.05) is 46.5 Å². The number of aromatic hydroxyl groups is 2. The minimum absolute atomic E-state index is 0.0172. The summed E-state index contributed by atoms with van der Waals surface area (Å²) < 4.78 is 148. The second-order valence-corrected chi connectivity index (χ2v) is 27.8. The van der Waals surface area contributed by atoms with Crippen LogP contribution in [0.15, 0.2) is 159 Å². The van der Waals surface area contributed by atoms with E-state index in [1.54, 1.807) is 36.2 Å². The third kappa shape index (κ3) is 15.0. The van der Waals surface area contributed by atoms with E-state index in [1.165, 1.54) is 48.5 Å². The SMILES string of the molecule is CN(c1ccc2c(O)c(N=Nc3ccc4c(S(=O)(=O)O)cccc4c3SOOO)c(SOOO)cc2c1)c1nc(Cl)nc(N2CCN(CCNc3nc(Cl)nc(Nc4ccc5c(O)c(N=Nc6ccc7c(S(=O)(=O)O)cccc7c6S(=O)(=O)O)c(S(=O)(=O)O)cc5c4)n3)CC2)n1. The Bertz CT molecular complexity index is 5320. The van der Waals surface area contributed by atoms with Crippen LogP contribution in [0.3, 0.4) is 0 Å². The zero-order valence-corrected chi connectivity index (χ0v) is 54.5. The van der Waals surface area contributed by atoms with Gasteiger partial charge in [-0.25, -0.2) is 10.5 Å². The van der Waals surface area contributed by atoms with Crippen molar-refractivity contribution in [2.45, 2.75) is 29.4 Å². The molecule has 500 valence electrons. The number of azo groups is 2. The largest absolute Gasteiger partial charge is 0.505 e. The van der Waals surface area contributed by atoms with Crippen LogP contribution < -0.4 is 20.4 Å². The minimum atomic E-state index is -5.23. The highest BCUT2D eigenvalue weighted by Crippen LogP contribution is 2.48. The molecule has 3 heterocycles. The van der Waals surface area contributed by atoms with Gasteiger partial charge in [0.1, 0.15) is 42.3 Å². The van der Waals surface area contributed by atoms with Gasteiger partial charge in [0.15, 0.2) is 11.5 Å². The van der Waals surface area contributed by atoms with E-state index in [-0.39, 0.29) is 87.6 Å². The summed E-state index contributed by atoms with van der Waals surface area (Å²) in [4.78, 5) is 29.0. The second-order valence-electron chi connectivity index (χ2n) is 20.2. The van der Waals surface area contributed by atoms with Crippen molar-refractivity contribution in [3.05, 3.63) is 120 Å². The van der Waals surface area contributed by atoms with E-state index in [0.29, 0.717) is 80.4 Å². The molecule has 0 unspecified atom stereocenters. The van der Waals surface area contributed by atoms with Gasteiger partial charge in [-0.3, -0.25) is 23.1 Å². The fraction of sp³-hybridized carbons (Fsp3) is 0.132. The molecule has 8 aromatic carbocycles. The number of anilines is 6. The molecule has 1 aliphatic heterocycles. The summed E-state index contributed by atoms with van der Waals surface area (Å²) in [5, 5.41) is 70.7. The van der Waals surface area contributed by atoms with E-state index >= 15 is 0 Å². The molecule has 1 saturated heterocycles. The first-order chi connectivity index (χ1) is 45.6. The van der Waals surface area contributed by atoms with Gasteiger partial charge in [-0.05, 0) is 107 Å². The Morgan fingerprint density at radius 1 is 0.562 bits per heavy atom. The third-order valence-electron chi connectivity index (χ3n) is 14.4. The predicted octanol–water partition coefficient (Wildman–Crippen LogP) is 10.8. The fourth-order valence-corrected chi connectivity index (χ4v) is 14.4. The van der Waals surface area contributed by atoms with Crippen molar-refractivity contribution in [3.63, 3.8) is 0 Å². The molecule has 43 heteroatoms.